The summed E-state index contributed by atoms with van der Waals surface area (Å²) in [7, 11) is 3.25. The quantitative estimate of drug-likeness (QED) is 0.882. The molecule has 1 unspecified atom stereocenters. The van der Waals surface area contributed by atoms with Crippen LogP contribution in [-0.2, 0) is 0 Å². The van der Waals surface area contributed by atoms with Crippen LogP contribution in [0.5, 0.6) is 11.5 Å². The first-order valence-electron chi connectivity index (χ1n) is 6.40. The van der Waals surface area contributed by atoms with Crippen LogP contribution >= 0.6 is 0 Å². The number of rotatable bonds is 5. The van der Waals surface area contributed by atoms with Crippen molar-refractivity contribution in [1.29, 1.82) is 0 Å². The van der Waals surface area contributed by atoms with Crippen LogP contribution in [0.3, 0.4) is 0 Å². The standard InChI is InChI=1S/C14H20N2O3/c1-10(9-16-7-6-15-14(16)17)11-4-5-12(18-2)13(8-11)19-3/h4-5,8,10H,6-7,9H2,1-3H3,(H,15,17). The van der Waals surface area contributed by atoms with Gasteiger partial charge in [-0.05, 0) is 23.6 Å². The van der Waals surface area contributed by atoms with Gasteiger partial charge >= 0.3 is 6.03 Å². The molecule has 1 aliphatic heterocycles. The van der Waals surface area contributed by atoms with E-state index in [1.54, 1.807) is 14.2 Å². The van der Waals surface area contributed by atoms with E-state index in [2.05, 4.69) is 12.2 Å². The van der Waals surface area contributed by atoms with Gasteiger partial charge in [-0.3, -0.25) is 0 Å². The zero-order chi connectivity index (χ0) is 13.8. The summed E-state index contributed by atoms with van der Waals surface area (Å²) in [4.78, 5) is 13.4. The van der Waals surface area contributed by atoms with E-state index in [-0.39, 0.29) is 11.9 Å². The van der Waals surface area contributed by atoms with Gasteiger partial charge in [-0.1, -0.05) is 13.0 Å². The summed E-state index contributed by atoms with van der Waals surface area (Å²) in [6.07, 6.45) is 0. The molecule has 1 fully saturated rings. The van der Waals surface area contributed by atoms with Crippen LogP contribution < -0.4 is 14.8 Å². The summed E-state index contributed by atoms with van der Waals surface area (Å²) < 4.78 is 10.5. The van der Waals surface area contributed by atoms with E-state index in [9.17, 15) is 4.79 Å². The van der Waals surface area contributed by atoms with Crippen molar-refractivity contribution in [3.05, 3.63) is 23.8 Å². The van der Waals surface area contributed by atoms with E-state index in [1.807, 2.05) is 23.1 Å². The fourth-order valence-electron chi connectivity index (χ4n) is 2.28. The van der Waals surface area contributed by atoms with E-state index in [1.165, 1.54) is 0 Å². The maximum Gasteiger partial charge on any atom is 0.317 e. The van der Waals surface area contributed by atoms with Gasteiger partial charge in [0.15, 0.2) is 11.5 Å². The topological polar surface area (TPSA) is 50.8 Å². The molecule has 1 atom stereocenters. The molecule has 1 aromatic rings. The second-order valence-electron chi connectivity index (χ2n) is 4.69. The summed E-state index contributed by atoms with van der Waals surface area (Å²) in [6, 6.07) is 5.90. The molecule has 1 saturated heterocycles. The lowest BCUT2D eigenvalue weighted by molar-refractivity contribution is 0.215. The minimum atomic E-state index is 0.0207. The van der Waals surface area contributed by atoms with Gasteiger partial charge in [0.05, 0.1) is 14.2 Å². The van der Waals surface area contributed by atoms with Crippen molar-refractivity contribution in [3.8, 4) is 11.5 Å². The van der Waals surface area contributed by atoms with Crippen LogP contribution in [0, 0.1) is 0 Å². The van der Waals surface area contributed by atoms with E-state index in [0.717, 1.165) is 30.2 Å². The van der Waals surface area contributed by atoms with Crippen molar-refractivity contribution < 1.29 is 14.3 Å². The van der Waals surface area contributed by atoms with E-state index < -0.39 is 0 Å². The molecule has 2 rings (SSSR count). The van der Waals surface area contributed by atoms with Gasteiger partial charge in [-0.25, -0.2) is 4.79 Å². The van der Waals surface area contributed by atoms with Gasteiger partial charge in [-0.15, -0.1) is 0 Å². The number of urea groups is 1. The smallest absolute Gasteiger partial charge is 0.317 e. The highest BCUT2D eigenvalue weighted by molar-refractivity contribution is 5.76. The Balaban J connectivity index is 2.10. The van der Waals surface area contributed by atoms with Crippen LogP contribution in [0.2, 0.25) is 0 Å². The lowest BCUT2D eigenvalue weighted by Gasteiger charge is -2.20. The molecular formula is C14H20N2O3. The molecule has 1 aliphatic rings. The van der Waals surface area contributed by atoms with Gasteiger partial charge in [0.25, 0.3) is 0 Å². The largest absolute Gasteiger partial charge is 0.493 e. The molecule has 5 nitrogen and oxygen atoms in total. The zero-order valence-corrected chi connectivity index (χ0v) is 11.6. The average Bonchev–Trinajstić information content (AvgIpc) is 2.83. The normalized spacial score (nSPS) is 16.2. The van der Waals surface area contributed by atoms with Gasteiger partial charge in [0, 0.05) is 19.6 Å². The monoisotopic (exact) mass is 264 g/mol. The Morgan fingerprint density at radius 2 is 2.05 bits per heavy atom. The van der Waals surface area contributed by atoms with E-state index >= 15 is 0 Å². The Labute approximate surface area is 113 Å². The van der Waals surface area contributed by atoms with Gasteiger partial charge in [-0.2, -0.15) is 0 Å². The molecular weight excluding hydrogens is 244 g/mol. The highest BCUT2D eigenvalue weighted by atomic mass is 16.5. The Bertz CT molecular complexity index is 462. The zero-order valence-electron chi connectivity index (χ0n) is 11.6. The van der Waals surface area contributed by atoms with Crippen LogP contribution in [-0.4, -0.2) is 44.8 Å². The number of nitrogens with zero attached hydrogens (tertiary/aromatic N) is 1. The van der Waals surface area contributed by atoms with E-state index in [4.69, 9.17) is 9.47 Å². The summed E-state index contributed by atoms with van der Waals surface area (Å²) in [5.41, 5.74) is 1.14. The number of methoxy groups -OCH3 is 2. The Kier molecular flexibility index (Phi) is 4.14. The molecule has 1 aromatic carbocycles. The number of benzene rings is 1. The average molecular weight is 264 g/mol. The SMILES string of the molecule is COc1ccc(C(C)CN2CCNC2=O)cc1OC. The molecule has 0 aliphatic carbocycles. The van der Waals surface area contributed by atoms with Gasteiger partial charge in [0.2, 0.25) is 0 Å². The number of nitrogens with one attached hydrogen (secondary N) is 1. The lowest BCUT2D eigenvalue weighted by Crippen LogP contribution is -2.31. The van der Waals surface area contributed by atoms with Crippen molar-refractivity contribution in [2.24, 2.45) is 0 Å². The van der Waals surface area contributed by atoms with Crippen LogP contribution in [0.1, 0.15) is 18.4 Å². The van der Waals surface area contributed by atoms with Crippen molar-refractivity contribution >= 4 is 6.03 Å². The Hall–Kier alpha value is -1.91. The predicted octanol–water partition coefficient (Wildman–Crippen LogP) is 1.83. The number of carbonyl (C=O) groups is 1. The summed E-state index contributed by atoms with van der Waals surface area (Å²) in [5.74, 6) is 1.69. The van der Waals surface area contributed by atoms with Gasteiger partial charge < -0.3 is 19.7 Å². The molecule has 0 spiro atoms. The summed E-state index contributed by atoms with van der Waals surface area (Å²) in [6.45, 7) is 4.32. The minimum absolute atomic E-state index is 0.0207. The first kappa shape index (κ1) is 13.5. The molecule has 1 N–H and O–H groups in total. The van der Waals surface area contributed by atoms with Crippen molar-refractivity contribution in [2.75, 3.05) is 33.9 Å². The molecule has 0 bridgehead atoms. The maximum atomic E-state index is 11.5. The number of hydrogen-bond acceptors (Lipinski definition) is 3. The summed E-state index contributed by atoms with van der Waals surface area (Å²) >= 11 is 0. The number of ether oxygens (including phenoxy) is 2. The van der Waals surface area contributed by atoms with E-state index in [0.29, 0.717) is 6.54 Å². The lowest BCUT2D eigenvalue weighted by atomic mass is 10.00. The Morgan fingerprint density at radius 1 is 1.32 bits per heavy atom. The van der Waals surface area contributed by atoms with Crippen molar-refractivity contribution in [3.63, 3.8) is 0 Å². The molecule has 0 radical (unpaired) electrons. The second kappa shape index (κ2) is 5.82. The first-order valence-corrected chi connectivity index (χ1v) is 6.40. The highest BCUT2D eigenvalue weighted by Crippen LogP contribution is 2.30. The molecule has 2 amide bonds. The predicted molar refractivity (Wildman–Crippen MR) is 72.9 cm³/mol. The van der Waals surface area contributed by atoms with Crippen molar-refractivity contribution in [2.45, 2.75) is 12.8 Å². The minimum Gasteiger partial charge on any atom is -0.493 e. The molecule has 5 heteroatoms. The van der Waals surface area contributed by atoms with Crippen LogP contribution in [0.15, 0.2) is 18.2 Å². The maximum absolute atomic E-state index is 11.5. The third-order valence-corrected chi connectivity index (χ3v) is 3.42. The van der Waals surface area contributed by atoms with Crippen LogP contribution in [0.25, 0.3) is 0 Å². The highest BCUT2D eigenvalue weighted by Gasteiger charge is 2.22. The third kappa shape index (κ3) is 2.92. The first-order chi connectivity index (χ1) is 9.15. The second-order valence-corrected chi connectivity index (χ2v) is 4.69. The molecule has 0 saturated carbocycles. The van der Waals surface area contributed by atoms with Crippen molar-refractivity contribution in [1.82, 2.24) is 10.2 Å². The van der Waals surface area contributed by atoms with Gasteiger partial charge in [0.1, 0.15) is 0 Å². The molecule has 104 valence electrons. The molecule has 19 heavy (non-hydrogen) atoms. The Morgan fingerprint density at radius 3 is 2.63 bits per heavy atom. The number of hydrogen-bond donors (Lipinski definition) is 1. The van der Waals surface area contributed by atoms with Crippen LogP contribution in [0.4, 0.5) is 4.79 Å². The fourth-order valence-corrected chi connectivity index (χ4v) is 2.28. The fraction of sp³-hybridized carbons (Fsp3) is 0.500. The molecule has 1 heterocycles. The third-order valence-electron chi connectivity index (χ3n) is 3.42. The number of carbonyl (C=O) groups excluding carboxylic acids is 1. The summed E-state index contributed by atoms with van der Waals surface area (Å²) in [5, 5.41) is 2.81. The molecule has 0 aromatic heterocycles. The number of amides is 2.